The first-order valence-electron chi connectivity index (χ1n) is 6.99. The molecule has 0 saturated carbocycles. The van der Waals surface area contributed by atoms with E-state index in [4.69, 9.17) is 0 Å². The summed E-state index contributed by atoms with van der Waals surface area (Å²) in [5.74, 6) is 0.409. The predicted octanol–water partition coefficient (Wildman–Crippen LogP) is 1.84. The van der Waals surface area contributed by atoms with Crippen LogP contribution in [0, 0.1) is 0 Å². The number of nitrogens with zero attached hydrogens (tertiary/aromatic N) is 1. The van der Waals surface area contributed by atoms with Crippen LogP contribution in [0.25, 0.3) is 10.9 Å². The number of aryl methyl sites for hydroxylation is 1. The third-order valence-corrected chi connectivity index (χ3v) is 5.28. The van der Waals surface area contributed by atoms with Crippen molar-refractivity contribution in [3.63, 3.8) is 0 Å². The Balaban J connectivity index is 2.29. The Morgan fingerprint density at radius 3 is 2.70 bits per heavy atom. The molecular weight excluding hydrogens is 272 g/mol. The van der Waals surface area contributed by atoms with Gasteiger partial charge in [0.1, 0.15) is 0 Å². The minimum atomic E-state index is -2.93. The number of likely N-dealkylation sites (N-methyl/N-ethyl adjacent to an activating group) is 1. The van der Waals surface area contributed by atoms with Crippen molar-refractivity contribution < 1.29 is 8.42 Å². The first-order chi connectivity index (χ1) is 9.57. The minimum absolute atomic E-state index is 0.202. The summed E-state index contributed by atoms with van der Waals surface area (Å²) in [6.07, 6.45) is 3.04. The smallest absolute Gasteiger partial charge is 0.151 e. The van der Waals surface area contributed by atoms with Gasteiger partial charge in [0, 0.05) is 29.4 Å². The lowest BCUT2D eigenvalue weighted by Gasteiger charge is -2.05. The molecule has 0 amide bonds. The lowest BCUT2D eigenvalue weighted by Crippen LogP contribution is -2.14. The van der Waals surface area contributed by atoms with Crippen LogP contribution in [0.1, 0.15) is 12.5 Å². The van der Waals surface area contributed by atoms with Crippen LogP contribution >= 0.6 is 0 Å². The van der Waals surface area contributed by atoms with Crippen molar-refractivity contribution in [3.05, 3.63) is 36.0 Å². The number of rotatable bonds is 7. The molecule has 0 fully saturated rings. The fourth-order valence-corrected chi connectivity index (χ4v) is 3.11. The van der Waals surface area contributed by atoms with Gasteiger partial charge in [-0.2, -0.15) is 0 Å². The molecule has 0 radical (unpaired) electrons. The van der Waals surface area contributed by atoms with Gasteiger partial charge in [0.2, 0.25) is 0 Å². The maximum Gasteiger partial charge on any atom is 0.151 e. The molecule has 0 unspecified atom stereocenters. The third kappa shape index (κ3) is 3.41. The molecule has 0 aliphatic carbocycles. The molecule has 1 heterocycles. The van der Waals surface area contributed by atoms with E-state index < -0.39 is 9.84 Å². The molecule has 0 atom stereocenters. The van der Waals surface area contributed by atoms with E-state index >= 15 is 0 Å². The van der Waals surface area contributed by atoms with E-state index in [1.165, 1.54) is 10.9 Å². The van der Waals surface area contributed by atoms with E-state index in [9.17, 15) is 8.42 Å². The van der Waals surface area contributed by atoms with Crippen LogP contribution in [0.2, 0.25) is 0 Å². The number of sulfone groups is 1. The Morgan fingerprint density at radius 1 is 1.25 bits per heavy atom. The second-order valence-corrected chi connectivity index (χ2v) is 7.43. The van der Waals surface area contributed by atoms with E-state index in [0.717, 1.165) is 18.5 Å². The first kappa shape index (κ1) is 15.1. The van der Waals surface area contributed by atoms with Crippen molar-refractivity contribution >= 4 is 20.7 Å². The molecule has 110 valence electrons. The molecule has 0 spiro atoms. The van der Waals surface area contributed by atoms with Gasteiger partial charge in [0.15, 0.2) is 9.84 Å². The van der Waals surface area contributed by atoms with E-state index in [1.54, 1.807) is 6.92 Å². The quantitative estimate of drug-likeness (QED) is 0.848. The SMILES string of the molecule is CCS(=O)(=O)CCn1cc(CCNC)c2ccccc21. The summed E-state index contributed by atoms with van der Waals surface area (Å²) >= 11 is 0. The molecule has 1 aromatic carbocycles. The van der Waals surface area contributed by atoms with Crippen LogP contribution in [0.4, 0.5) is 0 Å². The highest BCUT2D eigenvalue weighted by molar-refractivity contribution is 7.91. The number of hydrogen-bond donors (Lipinski definition) is 1. The molecule has 1 aromatic heterocycles. The number of hydrogen-bond acceptors (Lipinski definition) is 3. The van der Waals surface area contributed by atoms with Crippen molar-refractivity contribution in [2.24, 2.45) is 0 Å². The van der Waals surface area contributed by atoms with Crippen LogP contribution < -0.4 is 5.32 Å². The molecule has 0 saturated heterocycles. The van der Waals surface area contributed by atoms with E-state index in [2.05, 4.69) is 28.2 Å². The maximum absolute atomic E-state index is 11.7. The standard InChI is InChI=1S/C15H22N2O2S/c1-3-20(18,19)11-10-17-12-13(8-9-16-2)14-6-4-5-7-15(14)17/h4-7,12,16H,3,8-11H2,1-2H3. The zero-order valence-electron chi connectivity index (χ0n) is 12.1. The predicted molar refractivity (Wildman–Crippen MR) is 83.9 cm³/mol. The molecule has 1 N–H and O–H groups in total. The molecule has 2 aromatic rings. The van der Waals surface area contributed by atoms with Gasteiger partial charge in [0.05, 0.1) is 5.75 Å². The summed E-state index contributed by atoms with van der Waals surface area (Å²) in [6, 6.07) is 8.18. The average Bonchev–Trinajstić information content (AvgIpc) is 2.81. The highest BCUT2D eigenvalue weighted by Gasteiger charge is 2.11. The first-order valence-corrected chi connectivity index (χ1v) is 8.81. The highest BCUT2D eigenvalue weighted by atomic mass is 32.2. The molecule has 0 aliphatic heterocycles. The molecular formula is C15H22N2O2S. The van der Waals surface area contributed by atoms with Crippen LogP contribution in [-0.4, -0.2) is 38.1 Å². The van der Waals surface area contributed by atoms with Crippen molar-refractivity contribution in [1.82, 2.24) is 9.88 Å². The van der Waals surface area contributed by atoms with Gasteiger partial charge in [-0.15, -0.1) is 0 Å². The van der Waals surface area contributed by atoms with E-state index in [-0.39, 0.29) is 11.5 Å². The number of benzene rings is 1. The Labute approximate surface area is 120 Å². The Kier molecular flexibility index (Phi) is 4.83. The fraction of sp³-hybridized carbons (Fsp3) is 0.467. The van der Waals surface area contributed by atoms with Gasteiger partial charge in [-0.3, -0.25) is 0 Å². The van der Waals surface area contributed by atoms with Gasteiger partial charge in [-0.05, 0) is 31.6 Å². The van der Waals surface area contributed by atoms with Crippen molar-refractivity contribution in [2.45, 2.75) is 19.9 Å². The van der Waals surface area contributed by atoms with E-state index in [0.29, 0.717) is 6.54 Å². The summed E-state index contributed by atoms with van der Waals surface area (Å²) in [6.45, 7) is 3.14. The second kappa shape index (κ2) is 6.41. The molecule has 5 heteroatoms. The summed E-state index contributed by atoms with van der Waals surface area (Å²) < 4.78 is 25.4. The molecule has 20 heavy (non-hydrogen) atoms. The number of nitrogens with one attached hydrogen (secondary N) is 1. The zero-order valence-corrected chi connectivity index (χ0v) is 12.9. The fourth-order valence-electron chi connectivity index (χ4n) is 2.35. The summed E-state index contributed by atoms with van der Waals surface area (Å²) in [7, 11) is -0.990. The Morgan fingerprint density at radius 2 is 2.00 bits per heavy atom. The van der Waals surface area contributed by atoms with E-state index in [1.807, 2.05) is 19.2 Å². The van der Waals surface area contributed by atoms with Gasteiger partial charge < -0.3 is 9.88 Å². The Hall–Kier alpha value is -1.33. The lowest BCUT2D eigenvalue weighted by atomic mass is 10.1. The topological polar surface area (TPSA) is 51.1 Å². The van der Waals surface area contributed by atoms with Crippen LogP contribution in [0.5, 0.6) is 0 Å². The van der Waals surface area contributed by atoms with Crippen molar-refractivity contribution in [2.75, 3.05) is 25.1 Å². The zero-order chi connectivity index (χ0) is 14.6. The maximum atomic E-state index is 11.7. The molecule has 4 nitrogen and oxygen atoms in total. The Bertz CT molecular complexity index is 674. The molecule has 2 rings (SSSR count). The molecule has 0 aliphatic rings. The summed E-state index contributed by atoms with van der Waals surface area (Å²) in [5.41, 5.74) is 2.38. The van der Waals surface area contributed by atoms with Crippen LogP contribution in [0.15, 0.2) is 30.5 Å². The third-order valence-electron chi connectivity index (χ3n) is 3.60. The van der Waals surface area contributed by atoms with Gasteiger partial charge in [-0.25, -0.2) is 8.42 Å². The highest BCUT2D eigenvalue weighted by Crippen LogP contribution is 2.21. The monoisotopic (exact) mass is 294 g/mol. The summed E-state index contributed by atoms with van der Waals surface area (Å²) in [4.78, 5) is 0. The number of fused-ring (bicyclic) bond motifs is 1. The van der Waals surface area contributed by atoms with Gasteiger partial charge >= 0.3 is 0 Å². The molecule has 0 bridgehead atoms. The minimum Gasteiger partial charge on any atom is -0.346 e. The van der Waals surface area contributed by atoms with Crippen LogP contribution in [-0.2, 0) is 22.8 Å². The van der Waals surface area contributed by atoms with Gasteiger partial charge in [0.25, 0.3) is 0 Å². The largest absolute Gasteiger partial charge is 0.346 e. The normalized spacial score (nSPS) is 12.1. The lowest BCUT2D eigenvalue weighted by molar-refractivity contribution is 0.591. The van der Waals surface area contributed by atoms with Crippen molar-refractivity contribution in [1.29, 1.82) is 0 Å². The van der Waals surface area contributed by atoms with Gasteiger partial charge in [-0.1, -0.05) is 25.1 Å². The van der Waals surface area contributed by atoms with Crippen molar-refractivity contribution in [3.8, 4) is 0 Å². The summed E-state index contributed by atoms with van der Waals surface area (Å²) in [5, 5.41) is 4.37. The number of para-hydroxylation sites is 1. The number of aromatic nitrogens is 1. The van der Waals surface area contributed by atoms with Crippen LogP contribution in [0.3, 0.4) is 0 Å². The second-order valence-electron chi connectivity index (χ2n) is 4.95. The average molecular weight is 294 g/mol.